The number of hydrogen-bond donors (Lipinski definition) is 2. The van der Waals surface area contributed by atoms with Crippen LogP contribution in [0.15, 0.2) is 56.7 Å². The second kappa shape index (κ2) is 9.30. The van der Waals surface area contributed by atoms with Crippen molar-refractivity contribution in [1.82, 2.24) is 9.55 Å². The van der Waals surface area contributed by atoms with E-state index in [0.717, 1.165) is 17.5 Å². The molecule has 8 heteroatoms. The molecule has 0 atom stereocenters. The average molecular weight is 410 g/mol. The molecule has 0 aliphatic rings. The van der Waals surface area contributed by atoms with Gasteiger partial charge in [-0.3, -0.25) is 24.0 Å². The van der Waals surface area contributed by atoms with Crippen LogP contribution < -0.4 is 21.9 Å². The lowest BCUT2D eigenvalue weighted by molar-refractivity contribution is -0.118. The highest BCUT2D eigenvalue weighted by molar-refractivity contribution is 5.96. The number of furan rings is 1. The van der Waals surface area contributed by atoms with Crippen LogP contribution in [0.5, 0.6) is 0 Å². The lowest BCUT2D eigenvalue weighted by Gasteiger charge is -2.24. The number of aromatic nitrogens is 2. The Bertz CT molecular complexity index is 1130. The number of carbonyl (C=O) groups excluding carboxylic acids is 1. The summed E-state index contributed by atoms with van der Waals surface area (Å²) in [6.45, 7) is 4.29. The standard InChI is InChI=1S/C22H26N4O4/c1-3-4-11-25-20(23)19(21(28)24-22(25)29)26(14-17-10-7-12-30-17)18(27)13-16-9-6-5-8-15(16)2/h5-10,12H,3-4,11,13-14,23H2,1-2H3,(H,24,28,29). The average Bonchev–Trinajstić information content (AvgIpc) is 3.22. The number of anilines is 2. The molecule has 3 N–H and O–H groups in total. The number of H-pyrrole nitrogens is 1. The Morgan fingerprint density at radius 2 is 1.97 bits per heavy atom. The maximum atomic E-state index is 13.3. The first kappa shape index (κ1) is 21.2. The van der Waals surface area contributed by atoms with E-state index in [2.05, 4.69) is 4.98 Å². The van der Waals surface area contributed by atoms with Gasteiger partial charge in [0, 0.05) is 6.54 Å². The van der Waals surface area contributed by atoms with Gasteiger partial charge in [0.05, 0.1) is 19.2 Å². The molecule has 158 valence electrons. The van der Waals surface area contributed by atoms with Crippen LogP contribution in [0.2, 0.25) is 0 Å². The molecule has 0 fully saturated rings. The number of nitrogen functional groups attached to an aromatic ring is 1. The van der Waals surface area contributed by atoms with Crippen molar-refractivity contribution in [1.29, 1.82) is 0 Å². The lowest BCUT2D eigenvalue weighted by atomic mass is 10.1. The molecule has 8 nitrogen and oxygen atoms in total. The molecule has 2 aromatic heterocycles. The maximum absolute atomic E-state index is 13.3. The van der Waals surface area contributed by atoms with E-state index in [1.165, 1.54) is 15.7 Å². The van der Waals surface area contributed by atoms with Crippen molar-refractivity contribution in [3.8, 4) is 0 Å². The lowest BCUT2D eigenvalue weighted by Crippen LogP contribution is -2.41. The smallest absolute Gasteiger partial charge is 0.330 e. The van der Waals surface area contributed by atoms with Gasteiger partial charge >= 0.3 is 5.69 Å². The van der Waals surface area contributed by atoms with Crippen molar-refractivity contribution in [2.45, 2.75) is 46.2 Å². The van der Waals surface area contributed by atoms with Crippen molar-refractivity contribution in [3.05, 3.63) is 80.4 Å². The van der Waals surface area contributed by atoms with E-state index in [1.54, 1.807) is 12.1 Å². The van der Waals surface area contributed by atoms with Gasteiger partial charge in [0.25, 0.3) is 5.56 Å². The number of benzene rings is 1. The molecule has 3 rings (SSSR count). The number of hydrogen-bond acceptors (Lipinski definition) is 5. The zero-order valence-electron chi connectivity index (χ0n) is 17.2. The zero-order chi connectivity index (χ0) is 21.7. The Kier molecular flexibility index (Phi) is 6.56. The van der Waals surface area contributed by atoms with Crippen LogP contribution in [0.1, 0.15) is 36.7 Å². The topological polar surface area (TPSA) is 114 Å². The molecule has 0 aliphatic carbocycles. The summed E-state index contributed by atoms with van der Waals surface area (Å²) in [5.41, 5.74) is 6.73. The Labute approximate surface area is 173 Å². The summed E-state index contributed by atoms with van der Waals surface area (Å²) in [4.78, 5) is 41.9. The first-order valence-corrected chi connectivity index (χ1v) is 9.92. The van der Waals surface area contributed by atoms with Crippen LogP contribution in [0.25, 0.3) is 0 Å². The van der Waals surface area contributed by atoms with E-state index in [9.17, 15) is 14.4 Å². The van der Waals surface area contributed by atoms with Gasteiger partial charge in [0.1, 0.15) is 11.6 Å². The molecule has 0 radical (unpaired) electrons. The van der Waals surface area contributed by atoms with Crippen molar-refractivity contribution in [2.24, 2.45) is 0 Å². The first-order valence-electron chi connectivity index (χ1n) is 9.92. The number of nitrogens with two attached hydrogens (primary N) is 1. The van der Waals surface area contributed by atoms with Gasteiger partial charge in [-0.2, -0.15) is 0 Å². The van der Waals surface area contributed by atoms with Gasteiger partial charge in [0.2, 0.25) is 5.91 Å². The second-order valence-corrected chi connectivity index (χ2v) is 7.16. The summed E-state index contributed by atoms with van der Waals surface area (Å²) < 4.78 is 6.69. The Morgan fingerprint density at radius 3 is 2.63 bits per heavy atom. The van der Waals surface area contributed by atoms with Crippen LogP contribution in [0, 0.1) is 6.92 Å². The summed E-state index contributed by atoms with van der Waals surface area (Å²) in [7, 11) is 0. The van der Waals surface area contributed by atoms with Crippen LogP contribution in [0.4, 0.5) is 11.5 Å². The van der Waals surface area contributed by atoms with E-state index in [1.807, 2.05) is 38.1 Å². The normalized spacial score (nSPS) is 10.9. The summed E-state index contributed by atoms with van der Waals surface area (Å²) in [5.74, 6) is 0.152. The molecule has 3 aromatic rings. The highest BCUT2D eigenvalue weighted by atomic mass is 16.3. The number of aromatic amines is 1. The highest BCUT2D eigenvalue weighted by Gasteiger charge is 2.25. The number of amides is 1. The van der Waals surface area contributed by atoms with Gasteiger partial charge in [-0.25, -0.2) is 4.79 Å². The minimum Gasteiger partial charge on any atom is -0.467 e. The van der Waals surface area contributed by atoms with Gasteiger partial charge in [-0.15, -0.1) is 0 Å². The van der Waals surface area contributed by atoms with Gasteiger partial charge in [-0.1, -0.05) is 37.6 Å². The van der Waals surface area contributed by atoms with Crippen molar-refractivity contribution in [3.63, 3.8) is 0 Å². The summed E-state index contributed by atoms with van der Waals surface area (Å²) in [6, 6.07) is 11.0. The largest absolute Gasteiger partial charge is 0.467 e. The third-order valence-electron chi connectivity index (χ3n) is 5.02. The fourth-order valence-electron chi connectivity index (χ4n) is 3.29. The Hall–Kier alpha value is -3.55. The molecule has 0 aliphatic heterocycles. The Morgan fingerprint density at radius 1 is 1.20 bits per heavy atom. The molecule has 0 bridgehead atoms. The summed E-state index contributed by atoms with van der Waals surface area (Å²) >= 11 is 0. The van der Waals surface area contributed by atoms with Crippen LogP contribution in [0.3, 0.4) is 0 Å². The number of carbonyl (C=O) groups is 1. The molecular formula is C22H26N4O4. The van der Waals surface area contributed by atoms with E-state index in [0.29, 0.717) is 18.7 Å². The number of unbranched alkanes of at least 4 members (excludes halogenated alkanes) is 1. The molecule has 30 heavy (non-hydrogen) atoms. The molecule has 0 saturated carbocycles. The van der Waals surface area contributed by atoms with Crippen LogP contribution >= 0.6 is 0 Å². The van der Waals surface area contributed by atoms with E-state index < -0.39 is 11.2 Å². The van der Waals surface area contributed by atoms with Gasteiger partial charge < -0.3 is 10.2 Å². The van der Waals surface area contributed by atoms with E-state index in [-0.39, 0.29) is 30.4 Å². The fraction of sp³-hybridized carbons (Fsp3) is 0.318. The van der Waals surface area contributed by atoms with Crippen molar-refractivity contribution in [2.75, 3.05) is 10.6 Å². The monoisotopic (exact) mass is 410 g/mol. The van der Waals surface area contributed by atoms with Crippen molar-refractivity contribution >= 4 is 17.4 Å². The van der Waals surface area contributed by atoms with Gasteiger partial charge in [0.15, 0.2) is 5.69 Å². The minimum absolute atomic E-state index is 0.0248. The molecule has 0 unspecified atom stereocenters. The first-order chi connectivity index (χ1) is 14.4. The van der Waals surface area contributed by atoms with Gasteiger partial charge in [-0.05, 0) is 36.6 Å². The molecule has 0 saturated heterocycles. The number of aryl methyl sites for hydroxylation is 1. The quantitative estimate of drug-likeness (QED) is 0.592. The maximum Gasteiger partial charge on any atom is 0.330 e. The minimum atomic E-state index is -0.699. The molecule has 1 amide bonds. The SMILES string of the molecule is CCCCn1c(N)c(N(Cc2ccco2)C(=O)Cc2ccccc2C)c(=O)[nH]c1=O. The molecule has 0 spiro atoms. The van der Waals surface area contributed by atoms with Crippen LogP contribution in [-0.4, -0.2) is 15.5 Å². The predicted molar refractivity (Wildman–Crippen MR) is 115 cm³/mol. The number of nitrogens with one attached hydrogen (secondary N) is 1. The van der Waals surface area contributed by atoms with Crippen LogP contribution in [-0.2, 0) is 24.3 Å². The van der Waals surface area contributed by atoms with E-state index in [4.69, 9.17) is 10.2 Å². The second-order valence-electron chi connectivity index (χ2n) is 7.16. The number of nitrogens with zero attached hydrogens (tertiary/aromatic N) is 2. The zero-order valence-corrected chi connectivity index (χ0v) is 17.2. The number of rotatable bonds is 8. The fourth-order valence-corrected chi connectivity index (χ4v) is 3.29. The summed E-state index contributed by atoms with van der Waals surface area (Å²) in [6.07, 6.45) is 3.14. The highest BCUT2D eigenvalue weighted by Crippen LogP contribution is 2.22. The Balaban J connectivity index is 2.06. The molecule has 2 heterocycles. The predicted octanol–water partition coefficient (Wildman–Crippen LogP) is 2.60. The molecule has 1 aromatic carbocycles. The summed E-state index contributed by atoms with van der Waals surface area (Å²) in [5, 5.41) is 0. The third-order valence-corrected chi connectivity index (χ3v) is 5.02. The van der Waals surface area contributed by atoms with E-state index >= 15 is 0 Å². The van der Waals surface area contributed by atoms with Crippen molar-refractivity contribution < 1.29 is 9.21 Å². The molecular weight excluding hydrogens is 384 g/mol. The third kappa shape index (κ3) is 4.53.